The normalized spacial score (nSPS) is 15.2. The van der Waals surface area contributed by atoms with E-state index in [2.05, 4.69) is 10.1 Å². The van der Waals surface area contributed by atoms with Crippen molar-refractivity contribution in [3.63, 3.8) is 0 Å². The fourth-order valence-electron chi connectivity index (χ4n) is 3.94. The topological polar surface area (TPSA) is 75.9 Å². The van der Waals surface area contributed by atoms with E-state index >= 15 is 0 Å². The number of hydrogen-bond acceptors (Lipinski definition) is 6. The largest absolute Gasteiger partial charge is 0.495 e. The monoisotopic (exact) mass is 475 g/mol. The van der Waals surface area contributed by atoms with Gasteiger partial charge in [0.1, 0.15) is 10.6 Å². The molecule has 1 aliphatic rings. The Hall–Kier alpha value is -2.55. The Morgan fingerprint density at radius 3 is 2.38 bits per heavy atom. The van der Waals surface area contributed by atoms with Crippen LogP contribution in [0.25, 0.3) is 11.3 Å². The molecule has 0 saturated carbocycles. The van der Waals surface area contributed by atoms with E-state index in [4.69, 9.17) is 20.9 Å². The number of piperazine rings is 1. The number of aromatic nitrogens is 1. The van der Waals surface area contributed by atoms with E-state index in [1.807, 2.05) is 39.0 Å². The Kier molecular flexibility index (Phi) is 6.20. The first-order chi connectivity index (χ1) is 15.2. The second kappa shape index (κ2) is 8.77. The van der Waals surface area contributed by atoms with Gasteiger partial charge < -0.3 is 14.2 Å². The van der Waals surface area contributed by atoms with Gasteiger partial charge in [0.05, 0.1) is 12.8 Å². The molecule has 1 saturated heterocycles. The van der Waals surface area contributed by atoms with Crippen LogP contribution in [0.15, 0.2) is 45.8 Å². The molecule has 0 bridgehead atoms. The molecular formula is C23H26ClN3O4S. The molecule has 4 rings (SSSR count). The van der Waals surface area contributed by atoms with Gasteiger partial charge in [-0.1, -0.05) is 22.8 Å². The number of halogens is 1. The Morgan fingerprint density at radius 1 is 1.03 bits per heavy atom. The maximum absolute atomic E-state index is 13.6. The summed E-state index contributed by atoms with van der Waals surface area (Å²) in [5.74, 6) is 0.860. The summed E-state index contributed by atoms with van der Waals surface area (Å²) in [4.78, 5) is 2.29. The standard InChI is InChI=1S/C23H26ClN3O4S/c1-15-5-7-19(24)14-20(15)26-9-11-27(12-10-26)32(28,29)22-13-18(6-8-21(22)30-4)23-16(2)17(3)25-31-23/h5-8,13-14H,9-12H2,1-4H3. The first kappa shape index (κ1) is 22.6. The summed E-state index contributed by atoms with van der Waals surface area (Å²) in [7, 11) is -2.30. The first-order valence-corrected chi connectivity index (χ1v) is 12.2. The summed E-state index contributed by atoms with van der Waals surface area (Å²) in [5.41, 5.74) is 4.44. The zero-order valence-corrected chi connectivity index (χ0v) is 20.1. The smallest absolute Gasteiger partial charge is 0.246 e. The second-order valence-corrected chi connectivity index (χ2v) is 10.3. The van der Waals surface area contributed by atoms with Gasteiger partial charge in [0.25, 0.3) is 0 Å². The highest BCUT2D eigenvalue weighted by Crippen LogP contribution is 2.34. The number of ether oxygens (including phenoxy) is 1. The maximum Gasteiger partial charge on any atom is 0.246 e. The lowest BCUT2D eigenvalue weighted by molar-refractivity contribution is 0.374. The molecule has 2 aromatic carbocycles. The minimum atomic E-state index is -3.77. The zero-order chi connectivity index (χ0) is 23.0. The first-order valence-electron chi connectivity index (χ1n) is 10.3. The van der Waals surface area contributed by atoms with E-state index in [9.17, 15) is 8.42 Å². The molecule has 0 atom stereocenters. The molecule has 170 valence electrons. The van der Waals surface area contributed by atoms with Crippen LogP contribution in [0.4, 0.5) is 5.69 Å². The zero-order valence-electron chi connectivity index (χ0n) is 18.6. The molecular weight excluding hydrogens is 450 g/mol. The summed E-state index contributed by atoms with van der Waals surface area (Å²) >= 11 is 6.17. The van der Waals surface area contributed by atoms with E-state index in [0.717, 1.165) is 22.5 Å². The van der Waals surface area contributed by atoms with Crippen molar-refractivity contribution in [1.82, 2.24) is 9.46 Å². The molecule has 0 amide bonds. The van der Waals surface area contributed by atoms with Crippen LogP contribution in [0, 0.1) is 20.8 Å². The van der Waals surface area contributed by atoms with Gasteiger partial charge in [0, 0.05) is 48.0 Å². The molecule has 3 aromatic rings. The van der Waals surface area contributed by atoms with Gasteiger partial charge in [-0.3, -0.25) is 0 Å². The summed E-state index contributed by atoms with van der Waals surface area (Å²) in [6.07, 6.45) is 0. The van der Waals surface area contributed by atoms with Crippen molar-refractivity contribution in [2.75, 3.05) is 38.2 Å². The van der Waals surface area contributed by atoms with E-state index in [1.54, 1.807) is 18.2 Å². The molecule has 0 N–H and O–H groups in total. The molecule has 32 heavy (non-hydrogen) atoms. The second-order valence-electron chi connectivity index (χ2n) is 7.91. The number of anilines is 1. The fraction of sp³-hybridized carbons (Fsp3) is 0.348. The molecule has 0 spiro atoms. The minimum Gasteiger partial charge on any atom is -0.495 e. The van der Waals surface area contributed by atoms with Crippen LogP contribution in [0.5, 0.6) is 5.75 Å². The quantitative estimate of drug-likeness (QED) is 0.543. The Bertz CT molecular complexity index is 1250. The number of aryl methyl sites for hydroxylation is 2. The highest BCUT2D eigenvalue weighted by atomic mass is 35.5. The maximum atomic E-state index is 13.6. The molecule has 1 aliphatic heterocycles. The van der Waals surface area contributed by atoms with Gasteiger partial charge in [-0.25, -0.2) is 8.42 Å². The minimum absolute atomic E-state index is 0.123. The summed E-state index contributed by atoms with van der Waals surface area (Å²) in [5, 5.41) is 4.65. The number of benzene rings is 2. The molecule has 7 nitrogen and oxygen atoms in total. The van der Waals surface area contributed by atoms with Crippen molar-refractivity contribution in [3.8, 4) is 17.1 Å². The van der Waals surface area contributed by atoms with Gasteiger partial charge in [-0.15, -0.1) is 0 Å². The van der Waals surface area contributed by atoms with Crippen LogP contribution in [-0.4, -0.2) is 51.2 Å². The third-order valence-electron chi connectivity index (χ3n) is 5.95. The van der Waals surface area contributed by atoms with Crippen molar-refractivity contribution in [2.24, 2.45) is 0 Å². The summed E-state index contributed by atoms with van der Waals surface area (Å²) in [6.45, 7) is 7.65. The molecule has 2 heterocycles. The Labute approximate surface area is 193 Å². The SMILES string of the molecule is COc1ccc(-c2onc(C)c2C)cc1S(=O)(=O)N1CCN(c2cc(Cl)ccc2C)CC1. The molecule has 0 radical (unpaired) electrons. The number of hydrogen-bond donors (Lipinski definition) is 0. The Balaban J connectivity index is 1.62. The van der Waals surface area contributed by atoms with Crippen LogP contribution in [-0.2, 0) is 10.0 Å². The van der Waals surface area contributed by atoms with Gasteiger partial charge in [-0.05, 0) is 56.7 Å². The van der Waals surface area contributed by atoms with Crippen molar-refractivity contribution in [3.05, 3.63) is 58.2 Å². The predicted octanol–water partition coefficient (Wildman–Crippen LogP) is 4.44. The summed E-state index contributed by atoms with van der Waals surface area (Å²) < 4.78 is 39.5. The predicted molar refractivity (Wildman–Crippen MR) is 125 cm³/mol. The number of rotatable bonds is 5. The van der Waals surface area contributed by atoms with Crippen molar-refractivity contribution >= 4 is 27.3 Å². The number of nitrogens with zero attached hydrogens (tertiary/aromatic N) is 3. The van der Waals surface area contributed by atoms with Crippen molar-refractivity contribution in [1.29, 1.82) is 0 Å². The molecule has 9 heteroatoms. The highest BCUT2D eigenvalue weighted by Gasteiger charge is 2.32. The van der Waals surface area contributed by atoms with E-state index in [1.165, 1.54) is 11.4 Å². The fourth-order valence-corrected chi connectivity index (χ4v) is 5.71. The third-order valence-corrected chi connectivity index (χ3v) is 8.11. The van der Waals surface area contributed by atoms with Crippen molar-refractivity contribution in [2.45, 2.75) is 25.7 Å². The van der Waals surface area contributed by atoms with Crippen LogP contribution in [0.3, 0.4) is 0 Å². The van der Waals surface area contributed by atoms with Gasteiger partial charge in [0.15, 0.2) is 5.76 Å². The van der Waals surface area contributed by atoms with Gasteiger partial charge in [0.2, 0.25) is 10.0 Å². The van der Waals surface area contributed by atoms with Crippen molar-refractivity contribution < 1.29 is 17.7 Å². The highest BCUT2D eigenvalue weighted by molar-refractivity contribution is 7.89. The van der Waals surface area contributed by atoms with Gasteiger partial charge in [-0.2, -0.15) is 4.31 Å². The van der Waals surface area contributed by atoms with Crippen LogP contribution in [0.1, 0.15) is 16.8 Å². The third kappa shape index (κ3) is 4.10. The number of methoxy groups -OCH3 is 1. The molecule has 0 aliphatic carbocycles. The lowest BCUT2D eigenvalue weighted by Crippen LogP contribution is -2.48. The summed E-state index contributed by atoms with van der Waals surface area (Å²) in [6, 6.07) is 10.8. The van der Waals surface area contributed by atoms with E-state index < -0.39 is 10.0 Å². The van der Waals surface area contributed by atoms with Crippen LogP contribution >= 0.6 is 11.6 Å². The average Bonchev–Trinajstić information content (AvgIpc) is 3.13. The average molecular weight is 476 g/mol. The van der Waals surface area contributed by atoms with Crippen LogP contribution < -0.4 is 9.64 Å². The van der Waals surface area contributed by atoms with E-state index in [0.29, 0.717) is 48.3 Å². The lowest BCUT2D eigenvalue weighted by atomic mass is 10.1. The molecule has 1 fully saturated rings. The number of sulfonamides is 1. The lowest BCUT2D eigenvalue weighted by Gasteiger charge is -2.36. The van der Waals surface area contributed by atoms with Crippen LogP contribution in [0.2, 0.25) is 5.02 Å². The Morgan fingerprint density at radius 2 is 1.75 bits per heavy atom. The molecule has 1 aromatic heterocycles. The van der Waals surface area contributed by atoms with Gasteiger partial charge >= 0.3 is 0 Å². The van der Waals surface area contributed by atoms with E-state index in [-0.39, 0.29) is 4.90 Å². The molecule has 0 unspecified atom stereocenters.